The normalized spacial score (nSPS) is 26.6. The Balaban J connectivity index is 0.000000274. The summed E-state index contributed by atoms with van der Waals surface area (Å²) in [4.78, 5) is 31.5. The fraction of sp³-hybridized carbons (Fsp3) is 0.600. The molecule has 1 saturated heterocycles. The molecule has 0 unspecified atom stereocenters. The van der Waals surface area contributed by atoms with Crippen LogP contribution in [0.1, 0.15) is 6.23 Å². The zero-order chi connectivity index (χ0) is 22.6. The number of nitrogen functional groups attached to an aromatic ring is 1. The maximum Gasteiger partial charge on any atom is 0.280 e. The molecule has 1 fully saturated rings. The van der Waals surface area contributed by atoms with Gasteiger partial charge in [-0.3, -0.25) is 14.3 Å². The Hall–Kier alpha value is -2.50. The molecule has 2 aromatic rings. The van der Waals surface area contributed by atoms with E-state index >= 15 is 0 Å². The van der Waals surface area contributed by atoms with Crippen LogP contribution in [0.5, 0.6) is 0 Å². The number of nitrogens with one attached hydrogen (secondary N) is 1. The van der Waals surface area contributed by atoms with Crippen molar-refractivity contribution in [3.63, 3.8) is 0 Å². The van der Waals surface area contributed by atoms with E-state index < -0.39 is 61.6 Å². The second kappa shape index (κ2) is 10.0. The van der Waals surface area contributed by atoms with Crippen LogP contribution in [0.3, 0.4) is 0 Å². The second-order valence-electron chi connectivity index (χ2n) is 6.37. The molecule has 15 nitrogen and oxygen atoms in total. The smallest absolute Gasteiger partial charge is 0.280 e. The number of hydrogen-bond acceptors (Lipinski definition) is 13. The first-order valence-corrected chi connectivity index (χ1v) is 8.61. The molecule has 0 radical (unpaired) electrons. The molecule has 0 bridgehead atoms. The van der Waals surface area contributed by atoms with Crippen LogP contribution in [-0.2, 0) is 9.53 Å². The number of aldehydes is 1. The molecule has 0 saturated carbocycles. The van der Waals surface area contributed by atoms with Crippen molar-refractivity contribution in [3.8, 4) is 0 Å². The van der Waals surface area contributed by atoms with Crippen LogP contribution in [0.4, 0.5) is 5.95 Å². The number of ether oxygens (including phenoxy) is 1. The van der Waals surface area contributed by atoms with E-state index in [1.54, 1.807) is 0 Å². The van der Waals surface area contributed by atoms with E-state index in [2.05, 4.69) is 15.0 Å². The van der Waals surface area contributed by atoms with Crippen molar-refractivity contribution in [1.82, 2.24) is 19.5 Å². The lowest BCUT2D eigenvalue weighted by Gasteiger charge is -2.16. The van der Waals surface area contributed by atoms with Crippen LogP contribution in [0.25, 0.3) is 11.2 Å². The summed E-state index contributed by atoms with van der Waals surface area (Å²) in [5.74, 6) is -0.101. The van der Waals surface area contributed by atoms with Crippen molar-refractivity contribution < 1.29 is 45.3 Å². The van der Waals surface area contributed by atoms with E-state index in [1.807, 2.05) is 0 Å². The van der Waals surface area contributed by atoms with Gasteiger partial charge in [-0.15, -0.1) is 0 Å². The molecule has 7 atom stereocenters. The SMILES string of the molecule is Nc1nc2c(ncn2[C@@H]2O[C@H](CO)[C@@H](O)[C@H]2O)c(=O)[nH]1.O=C[C@@H](O)[C@H](O)[C@H](O)CO. The average molecular weight is 433 g/mol. The highest BCUT2D eigenvalue weighted by Gasteiger charge is 2.44. The molecular weight excluding hydrogens is 410 g/mol. The Morgan fingerprint density at radius 3 is 2.47 bits per heavy atom. The van der Waals surface area contributed by atoms with Gasteiger partial charge in [-0.05, 0) is 0 Å². The number of rotatable bonds is 6. The quantitative estimate of drug-likeness (QED) is 0.193. The number of H-pyrrole nitrogens is 1. The second-order valence-corrected chi connectivity index (χ2v) is 6.37. The number of aromatic amines is 1. The van der Waals surface area contributed by atoms with Crippen molar-refractivity contribution >= 4 is 23.4 Å². The maximum atomic E-state index is 11.7. The summed E-state index contributed by atoms with van der Waals surface area (Å²) in [7, 11) is 0. The van der Waals surface area contributed by atoms with Crippen LogP contribution in [0.15, 0.2) is 11.1 Å². The molecule has 1 aliphatic heterocycles. The molecule has 3 heterocycles. The standard InChI is InChI=1S/C10H13N5O5.C5H10O5/c11-10-13-7-4(8(19)14-10)12-2-15(7)9-6(18)5(17)3(1-16)20-9;6-1-3(8)5(10)4(9)2-7/h2-3,5-6,9,16-18H,1H2,(H3,11,13,14,19);1,3-5,7-10H,2H2/t3-,5-,6-,9-;3-,4-,5+/m11/s1. The molecule has 15 heteroatoms. The molecule has 0 aromatic carbocycles. The van der Waals surface area contributed by atoms with Gasteiger partial charge in [-0.25, -0.2) is 4.98 Å². The lowest BCUT2D eigenvalue weighted by molar-refractivity contribution is -0.127. The first kappa shape index (κ1) is 23.8. The number of carbonyl (C=O) groups excluding carboxylic acids is 1. The van der Waals surface area contributed by atoms with Crippen molar-refractivity contribution in [3.05, 3.63) is 16.7 Å². The molecule has 3 rings (SSSR count). The molecule has 2 aromatic heterocycles. The number of fused-ring (bicyclic) bond motifs is 1. The first-order chi connectivity index (χ1) is 14.2. The van der Waals surface area contributed by atoms with Gasteiger partial charge in [0, 0.05) is 0 Å². The van der Waals surface area contributed by atoms with Gasteiger partial charge in [-0.2, -0.15) is 4.98 Å². The fourth-order valence-electron chi connectivity index (χ4n) is 2.66. The summed E-state index contributed by atoms with van der Waals surface area (Å²) >= 11 is 0. The lowest BCUT2D eigenvalue weighted by Crippen LogP contribution is -2.40. The maximum absolute atomic E-state index is 11.7. The van der Waals surface area contributed by atoms with E-state index in [4.69, 9.17) is 36.0 Å². The number of aliphatic hydroxyl groups is 7. The van der Waals surface area contributed by atoms with Gasteiger partial charge in [0.1, 0.15) is 36.6 Å². The van der Waals surface area contributed by atoms with E-state index in [1.165, 1.54) is 10.9 Å². The number of imidazole rings is 1. The molecule has 1 aliphatic rings. The number of hydrogen-bond donors (Lipinski definition) is 9. The van der Waals surface area contributed by atoms with Crippen molar-refractivity contribution in [2.45, 2.75) is 42.9 Å². The summed E-state index contributed by atoms with van der Waals surface area (Å²) in [5.41, 5.74) is 5.12. The Morgan fingerprint density at radius 2 is 1.93 bits per heavy atom. The zero-order valence-corrected chi connectivity index (χ0v) is 15.4. The Kier molecular flexibility index (Phi) is 7.93. The summed E-state index contributed by atoms with van der Waals surface area (Å²) in [6.45, 7) is -1.14. The third-order valence-electron chi connectivity index (χ3n) is 4.31. The van der Waals surface area contributed by atoms with Crippen LogP contribution in [0, 0.1) is 0 Å². The Morgan fingerprint density at radius 1 is 1.27 bits per heavy atom. The topological polar surface area (TPSA) is 257 Å². The fourth-order valence-corrected chi connectivity index (χ4v) is 2.66. The van der Waals surface area contributed by atoms with E-state index in [0.717, 1.165) is 0 Å². The van der Waals surface area contributed by atoms with Gasteiger partial charge in [-0.1, -0.05) is 0 Å². The molecule has 0 aliphatic carbocycles. The summed E-state index contributed by atoms with van der Waals surface area (Å²) in [6, 6.07) is 0. The van der Waals surface area contributed by atoms with Gasteiger partial charge >= 0.3 is 0 Å². The van der Waals surface area contributed by atoms with Crippen LogP contribution >= 0.6 is 0 Å². The number of anilines is 1. The monoisotopic (exact) mass is 433 g/mol. The first-order valence-electron chi connectivity index (χ1n) is 8.61. The minimum absolute atomic E-state index is 0.0388. The molecule has 30 heavy (non-hydrogen) atoms. The van der Waals surface area contributed by atoms with Crippen molar-refractivity contribution in [2.75, 3.05) is 18.9 Å². The van der Waals surface area contributed by atoms with E-state index in [9.17, 15) is 19.8 Å². The van der Waals surface area contributed by atoms with Crippen molar-refractivity contribution in [2.24, 2.45) is 0 Å². The van der Waals surface area contributed by atoms with Gasteiger partial charge in [0.25, 0.3) is 5.56 Å². The van der Waals surface area contributed by atoms with Crippen LogP contribution < -0.4 is 11.3 Å². The molecular formula is C15H23N5O10. The van der Waals surface area contributed by atoms with Gasteiger partial charge in [0.2, 0.25) is 5.95 Å². The highest BCUT2D eigenvalue weighted by molar-refractivity contribution is 5.70. The minimum Gasteiger partial charge on any atom is -0.394 e. The van der Waals surface area contributed by atoms with Gasteiger partial charge in [0.05, 0.1) is 19.5 Å². The van der Waals surface area contributed by atoms with E-state index in [0.29, 0.717) is 0 Å². The van der Waals surface area contributed by atoms with E-state index in [-0.39, 0.29) is 23.4 Å². The number of nitrogens with two attached hydrogens (primary N) is 1. The van der Waals surface area contributed by atoms with Gasteiger partial charge < -0.3 is 51.0 Å². The number of aromatic nitrogens is 4. The molecule has 0 spiro atoms. The predicted molar refractivity (Wildman–Crippen MR) is 96.7 cm³/mol. The predicted octanol–water partition coefficient (Wildman–Crippen LogP) is -5.43. The Bertz CT molecular complexity index is 904. The highest BCUT2D eigenvalue weighted by atomic mass is 16.6. The highest BCUT2D eigenvalue weighted by Crippen LogP contribution is 2.30. The number of aliphatic hydroxyl groups excluding tert-OH is 7. The lowest BCUT2D eigenvalue weighted by atomic mass is 10.1. The minimum atomic E-state index is -1.64. The molecule has 168 valence electrons. The summed E-state index contributed by atoms with van der Waals surface area (Å²) in [6.07, 6.45) is -7.85. The zero-order valence-electron chi connectivity index (χ0n) is 15.4. The van der Waals surface area contributed by atoms with Crippen LogP contribution in [0.2, 0.25) is 0 Å². The number of nitrogens with zero attached hydrogens (tertiary/aromatic N) is 3. The summed E-state index contributed by atoms with van der Waals surface area (Å²) in [5, 5.41) is 62.8. The average Bonchev–Trinajstić information content (AvgIpc) is 3.27. The summed E-state index contributed by atoms with van der Waals surface area (Å²) < 4.78 is 6.64. The molecule has 10 N–H and O–H groups in total. The molecule has 0 amide bonds. The Labute approximate surface area is 167 Å². The number of carbonyl (C=O) groups is 1. The van der Waals surface area contributed by atoms with Crippen molar-refractivity contribution in [1.29, 1.82) is 0 Å². The largest absolute Gasteiger partial charge is 0.394 e. The third-order valence-corrected chi connectivity index (χ3v) is 4.31. The van der Waals surface area contributed by atoms with Crippen LogP contribution in [-0.4, -0.2) is 111 Å². The third kappa shape index (κ3) is 4.79. The van der Waals surface area contributed by atoms with Gasteiger partial charge in [0.15, 0.2) is 23.7 Å².